The highest BCUT2D eigenvalue weighted by atomic mass is 16.6. The van der Waals surface area contributed by atoms with Crippen LogP contribution in [0.1, 0.15) is 5.56 Å². The summed E-state index contributed by atoms with van der Waals surface area (Å²) in [5.74, 6) is 0.446. The lowest BCUT2D eigenvalue weighted by atomic mass is 10.2. The molecule has 0 atom stereocenters. The summed E-state index contributed by atoms with van der Waals surface area (Å²) in [7, 11) is 1.51. The van der Waals surface area contributed by atoms with E-state index < -0.39 is 4.92 Å². The van der Waals surface area contributed by atoms with E-state index in [4.69, 9.17) is 4.74 Å². The van der Waals surface area contributed by atoms with Crippen LogP contribution < -0.4 is 4.74 Å². The van der Waals surface area contributed by atoms with Gasteiger partial charge in [-0.1, -0.05) is 0 Å². The molecule has 1 N–H and O–H groups in total. The Labute approximate surface area is 90.7 Å². The Morgan fingerprint density at radius 3 is 3.12 bits per heavy atom. The van der Waals surface area contributed by atoms with E-state index in [1.54, 1.807) is 18.5 Å². The monoisotopic (exact) mass is 219 g/mol. The standard InChI is InChI=1S/C10H9N3O3/c1-16-10-9-7(3-5-13(14)15)6-12-8(9)2-4-11-10/h2-6,12H,1H3/b5-3+. The Morgan fingerprint density at radius 2 is 2.44 bits per heavy atom. The van der Waals surface area contributed by atoms with Crippen molar-refractivity contribution in [3.8, 4) is 5.88 Å². The van der Waals surface area contributed by atoms with Gasteiger partial charge in [-0.15, -0.1) is 0 Å². The Bertz CT molecular complexity index is 559. The molecule has 2 aromatic heterocycles. The van der Waals surface area contributed by atoms with E-state index in [1.807, 2.05) is 0 Å². The number of pyridine rings is 1. The van der Waals surface area contributed by atoms with Gasteiger partial charge in [0.25, 0.3) is 0 Å². The average molecular weight is 219 g/mol. The molecule has 0 radical (unpaired) electrons. The Balaban J connectivity index is 2.58. The maximum atomic E-state index is 10.2. The Hall–Kier alpha value is -2.37. The molecule has 0 bridgehead atoms. The first kappa shape index (κ1) is 10.2. The number of fused-ring (bicyclic) bond motifs is 1. The highest BCUT2D eigenvalue weighted by molar-refractivity contribution is 5.92. The number of rotatable bonds is 3. The van der Waals surface area contributed by atoms with Crippen LogP contribution in [0, 0.1) is 10.1 Å². The summed E-state index contributed by atoms with van der Waals surface area (Å²) in [6.45, 7) is 0. The minimum Gasteiger partial charge on any atom is -0.480 e. The van der Waals surface area contributed by atoms with E-state index in [2.05, 4.69) is 9.97 Å². The summed E-state index contributed by atoms with van der Waals surface area (Å²) >= 11 is 0. The van der Waals surface area contributed by atoms with Crippen LogP contribution in [-0.4, -0.2) is 22.0 Å². The number of ether oxygens (including phenoxy) is 1. The first-order chi connectivity index (χ1) is 7.72. The largest absolute Gasteiger partial charge is 0.480 e. The molecule has 0 spiro atoms. The minimum absolute atomic E-state index is 0.446. The smallest absolute Gasteiger partial charge is 0.235 e. The third-order valence-corrected chi connectivity index (χ3v) is 2.16. The van der Waals surface area contributed by atoms with Crippen LogP contribution in [0.5, 0.6) is 5.88 Å². The van der Waals surface area contributed by atoms with Gasteiger partial charge in [-0.25, -0.2) is 4.98 Å². The second-order valence-corrected chi connectivity index (χ2v) is 3.09. The quantitative estimate of drug-likeness (QED) is 0.630. The molecule has 0 aliphatic carbocycles. The average Bonchev–Trinajstić information content (AvgIpc) is 2.69. The molecule has 0 aliphatic rings. The van der Waals surface area contributed by atoms with Crippen molar-refractivity contribution in [2.75, 3.05) is 7.11 Å². The zero-order valence-electron chi connectivity index (χ0n) is 8.51. The zero-order valence-corrected chi connectivity index (χ0v) is 8.51. The molecule has 0 saturated heterocycles. The number of nitrogens with zero attached hydrogens (tertiary/aromatic N) is 2. The first-order valence-corrected chi connectivity index (χ1v) is 4.54. The lowest BCUT2D eigenvalue weighted by Gasteiger charge is -2.00. The van der Waals surface area contributed by atoms with Gasteiger partial charge >= 0.3 is 0 Å². The van der Waals surface area contributed by atoms with Crippen molar-refractivity contribution >= 4 is 17.0 Å². The van der Waals surface area contributed by atoms with E-state index in [0.717, 1.165) is 17.1 Å². The summed E-state index contributed by atoms with van der Waals surface area (Å²) < 4.78 is 5.10. The maximum Gasteiger partial charge on any atom is 0.235 e. The number of hydrogen-bond donors (Lipinski definition) is 1. The van der Waals surface area contributed by atoms with Crippen molar-refractivity contribution in [3.63, 3.8) is 0 Å². The molecule has 0 fully saturated rings. The molecule has 82 valence electrons. The van der Waals surface area contributed by atoms with E-state index in [-0.39, 0.29) is 0 Å². The number of methoxy groups -OCH3 is 1. The van der Waals surface area contributed by atoms with Gasteiger partial charge in [-0.2, -0.15) is 0 Å². The van der Waals surface area contributed by atoms with Crippen LogP contribution in [0.25, 0.3) is 17.0 Å². The molecule has 2 aromatic rings. The summed E-state index contributed by atoms with van der Waals surface area (Å²) in [4.78, 5) is 16.8. The SMILES string of the molecule is COc1nccc2[nH]cc(/C=C/[N+](=O)[O-])c12. The van der Waals surface area contributed by atoms with Crippen molar-refractivity contribution in [1.82, 2.24) is 9.97 Å². The lowest BCUT2D eigenvalue weighted by Crippen LogP contribution is -1.88. The maximum absolute atomic E-state index is 10.2. The number of aromatic nitrogens is 2. The van der Waals surface area contributed by atoms with Crippen LogP contribution in [0.3, 0.4) is 0 Å². The molecule has 0 aliphatic heterocycles. The molecule has 0 unspecified atom stereocenters. The Kier molecular flexibility index (Phi) is 2.55. The second kappa shape index (κ2) is 4.01. The summed E-state index contributed by atoms with van der Waals surface area (Å²) in [5, 5.41) is 11.0. The summed E-state index contributed by atoms with van der Waals surface area (Å²) in [6, 6.07) is 1.78. The third kappa shape index (κ3) is 1.72. The van der Waals surface area contributed by atoms with Gasteiger partial charge in [-0.3, -0.25) is 10.1 Å². The molecule has 6 nitrogen and oxygen atoms in total. The van der Waals surface area contributed by atoms with Gasteiger partial charge in [0.05, 0.1) is 22.9 Å². The number of H-pyrrole nitrogens is 1. The Morgan fingerprint density at radius 1 is 1.62 bits per heavy atom. The number of aromatic amines is 1. The van der Waals surface area contributed by atoms with E-state index in [1.165, 1.54) is 13.2 Å². The van der Waals surface area contributed by atoms with Gasteiger partial charge in [0.15, 0.2) is 0 Å². The van der Waals surface area contributed by atoms with Crippen LogP contribution in [0.4, 0.5) is 0 Å². The van der Waals surface area contributed by atoms with Gasteiger partial charge < -0.3 is 9.72 Å². The van der Waals surface area contributed by atoms with Crippen LogP contribution in [-0.2, 0) is 0 Å². The van der Waals surface area contributed by atoms with Crippen LogP contribution in [0.15, 0.2) is 24.7 Å². The fraction of sp³-hybridized carbons (Fsp3) is 0.100. The topological polar surface area (TPSA) is 81.0 Å². The fourth-order valence-corrected chi connectivity index (χ4v) is 1.50. The minimum atomic E-state index is -0.512. The van der Waals surface area contributed by atoms with Crippen molar-refractivity contribution in [1.29, 1.82) is 0 Å². The molecular weight excluding hydrogens is 210 g/mol. The molecule has 6 heteroatoms. The third-order valence-electron chi connectivity index (χ3n) is 2.16. The molecule has 0 saturated carbocycles. The highest BCUT2D eigenvalue weighted by Gasteiger charge is 2.08. The first-order valence-electron chi connectivity index (χ1n) is 4.54. The van der Waals surface area contributed by atoms with Crippen molar-refractivity contribution < 1.29 is 9.66 Å². The summed E-state index contributed by atoms with van der Waals surface area (Å²) in [6.07, 6.45) is 5.58. The van der Waals surface area contributed by atoms with Crippen molar-refractivity contribution in [2.24, 2.45) is 0 Å². The molecular formula is C10H9N3O3. The van der Waals surface area contributed by atoms with E-state index in [0.29, 0.717) is 11.4 Å². The number of hydrogen-bond acceptors (Lipinski definition) is 4. The van der Waals surface area contributed by atoms with Crippen molar-refractivity contribution in [3.05, 3.63) is 40.3 Å². The van der Waals surface area contributed by atoms with E-state index in [9.17, 15) is 10.1 Å². The van der Waals surface area contributed by atoms with Gasteiger partial charge in [-0.05, 0) is 6.07 Å². The molecule has 16 heavy (non-hydrogen) atoms. The molecule has 0 aromatic carbocycles. The van der Waals surface area contributed by atoms with Crippen LogP contribution >= 0.6 is 0 Å². The second-order valence-electron chi connectivity index (χ2n) is 3.09. The lowest BCUT2D eigenvalue weighted by molar-refractivity contribution is -0.400. The van der Waals surface area contributed by atoms with E-state index >= 15 is 0 Å². The molecule has 2 heterocycles. The predicted molar refractivity (Wildman–Crippen MR) is 58.7 cm³/mol. The molecule has 2 rings (SSSR count). The number of nitrogens with one attached hydrogen (secondary N) is 1. The molecule has 0 amide bonds. The van der Waals surface area contributed by atoms with Crippen LogP contribution in [0.2, 0.25) is 0 Å². The normalized spacial score (nSPS) is 11.1. The summed E-state index contributed by atoms with van der Waals surface area (Å²) in [5.41, 5.74) is 1.51. The highest BCUT2D eigenvalue weighted by Crippen LogP contribution is 2.26. The van der Waals surface area contributed by atoms with Gasteiger partial charge in [0, 0.05) is 24.0 Å². The zero-order chi connectivity index (χ0) is 11.5. The predicted octanol–water partition coefficient (Wildman–Crippen LogP) is 1.82. The van der Waals surface area contributed by atoms with Gasteiger partial charge in [0.2, 0.25) is 12.1 Å². The van der Waals surface area contributed by atoms with Gasteiger partial charge in [0.1, 0.15) is 0 Å². The number of nitro groups is 1. The fourth-order valence-electron chi connectivity index (χ4n) is 1.50. The van der Waals surface area contributed by atoms with Crippen molar-refractivity contribution in [2.45, 2.75) is 0 Å².